The molecule has 2 rings (SSSR count). The van der Waals surface area contributed by atoms with Gasteiger partial charge >= 0.3 is 12.0 Å². The molecular formula is C20H21ClN2O5. The Labute approximate surface area is 167 Å². The van der Waals surface area contributed by atoms with Gasteiger partial charge in [-0.05, 0) is 35.7 Å². The van der Waals surface area contributed by atoms with Crippen molar-refractivity contribution in [3.05, 3.63) is 64.7 Å². The monoisotopic (exact) mass is 404 g/mol. The quantitative estimate of drug-likeness (QED) is 0.688. The number of ether oxygens (including phenoxy) is 2. The normalized spacial score (nSPS) is 11.6. The highest BCUT2D eigenvalue weighted by Gasteiger charge is 2.28. The summed E-state index contributed by atoms with van der Waals surface area (Å²) in [6, 6.07) is 12.6. The Balaban J connectivity index is 2.13. The van der Waals surface area contributed by atoms with Crippen LogP contribution in [-0.2, 0) is 16.1 Å². The van der Waals surface area contributed by atoms with E-state index in [9.17, 15) is 14.4 Å². The van der Waals surface area contributed by atoms with Crippen LogP contribution in [0.25, 0.3) is 0 Å². The molecule has 1 atom stereocenters. The molecule has 3 amide bonds. The van der Waals surface area contributed by atoms with Gasteiger partial charge in [0.2, 0.25) is 0 Å². The number of hydrogen-bond acceptors (Lipinski definition) is 5. The van der Waals surface area contributed by atoms with Crippen molar-refractivity contribution in [1.29, 1.82) is 0 Å². The van der Waals surface area contributed by atoms with Gasteiger partial charge in [0, 0.05) is 5.02 Å². The molecule has 0 fully saturated rings. The number of para-hydroxylation sites is 1. The number of imide groups is 1. The summed E-state index contributed by atoms with van der Waals surface area (Å²) >= 11 is 5.86. The second-order valence-electron chi connectivity index (χ2n) is 6.33. The van der Waals surface area contributed by atoms with Crippen molar-refractivity contribution in [1.82, 2.24) is 5.32 Å². The number of urea groups is 1. The van der Waals surface area contributed by atoms with Gasteiger partial charge in [0.15, 0.2) is 6.10 Å². The third-order valence-electron chi connectivity index (χ3n) is 3.76. The zero-order chi connectivity index (χ0) is 20.7. The smallest absolute Gasteiger partial charge is 0.342 e. The van der Waals surface area contributed by atoms with Crippen LogP contribution in [0, 0.1) is 5.92 Å². The molecule has 0 saturated carbocycles. The predicted octanol–water partition coefficient (Wildman–Crippen LogP) is 3.30. The fourth-order valence-corrected chi connectivity index (χ4v) is 2.49. The van der Waals surface area contributed by atoms with E-state index in [0.717, 1.165) is 5.56 Å². The second-order valence-corrected chi connectivity index (χ2v) is 6.77. The van der Waals surface area contributed by atoms with Crippen molar-refractivity contribution in [3.8, 4) is 5.75 Å². The van der Waals surface area contributed by atoms with Crippen molar-refractivity contribution in [2.45, 2.75) is 26.6 Å². The summed E-state index contributed by atoms with van der Waals surface area (Å²) in [5, 5.41) is 2.54. The van der Waals surface area contributed by atoms with Gasteiger partial charge in [-0.25, -0.2) is 9.59 Å². The maximum Gasteiger partial charge on any atom is 0.342 e. The maximum atomic E-state index is 12.6. The van der Waals surface area contributed by atoms with Crippen molar-refractivity contribution in [2.75, 3.05) is 0 Å². The molecule has 0 radical (unpaired) electrons. The van der Waals surface area contributed by atoms with Gasteiger partial charge in [0.25, 0.3) is 5.91 Å². The number of nitrogens with one attached hydrogen (secondary N) is 1. The lowest BCUT2D eigenvalue weighted by Gasteiger charge is -2.20. The summed E-state index contributed by atoms with van der Waals surface area (Å²) < 4.78 is 11.0. The SMILES string of the molecule is CC(C)[C@H](OC(=O)c1ccccc1OCc1ccc(Cl)cc1)C(=O)NC(N)=O. The van der Waals surface area contributed by atoms with Gasteiger partial charge in [0.05, 0.1) is 0 Å². The fraction of sp³-hybridized carbons (Fsp3) is 0.250. The number of amides is 3. The topological polar surface area (TPSA) is 108 Å². The van der Waals surface area contributed by atoms with Crippen LogP contribution >= 0.6 is 11.6 Å². The number of primary amides is 1. The average molecular weight is 405 g/mol. The van der Waals surface area contributed by atoms with E-state index < -0.39 is 24.0 Å². The highest BCUT2D eigenvalue weighted by atomic mass is 35.5. The molecule has 8 heteroatoms. The van der Waals surface area contributed by atoms with Gasteiger partial charge in [-0.1, -0.05) is 49.7 Å². The van der Waals surface area contributed by atoms with Crippen molar-refractivity contribution in [2.24, 2.45) is 11.7 Å². The van der Waals surface area contributed by atoms with Crippen LogP contribution in [0.2, 0.25) is 5.02 Å². The minimum absolute atomic E-state index is 0.161. The number of carbonyl (C=O) groups excluding carboxylic acids is 3. The summed E-state index contributed by atoms with van der Waals surface area (Å²) in [7, 11) is 0. The molecule has 7 nitrogen and oxygen atoms in total. The van der Waals surface area contributed by atoms with Crippen LogP contribution in [-0.4, -0.2) is 24.0 Å². The van der Waals surface area contributed by atoms with E-state index in [1.165, 1.54) is 6.07 Å². The highest BCUT2D eigenvalue weighted by Crippen LogP contribution is 2.22. The average Bonchev–Trinajstić information content (AvgIpc) is 2.64. The first-order valence-electron chi connectivity index (χ1n) is 8.55. The molecule has 0 heterocycles. The summed E-state index contributed by atoms with van der Waals surface area (Å²) in [6.07, 6.45) is -1.18. The van der Waals surface area contributed by atoms with E-state index in [2.05, 4.69) is 0 Å². The Bertz CT molecular complexity index is 852. The first-order chi connectivity index (χ1) is 13.3. The van der Waals surface area contributed by atoms with Gasteiger partial charge < -0.3 is 15.2 Å². The largest absolute Gasteiger partial charge is 0.488 e. The fourth-order valence-electron chi connectivity index (χ4n) is 2.37. The van der Waals surface area contributed by atoms with E-state index in [-0.39, 0.29) is 18.1 Å². The van der Waals surface area contributed by atoms with E-state index in [0.29, 0.717) is 10.8 Å². The molecule has 0 aliphatic heterocycles. The van der Waals surface area contributed by atoms with Crippen molar-refractivity contribution >= 4 is 29.5 Å². The zero-order valence-electron chi connectivity index (χ0n) is 15.5. The van der Waals surface area contributed by atoms with Gasteiger partial charge in [-0.15, -0.1) is 0 Å². The predicted molar refractivity (Wildman–Crippen MR) is 104 cm³/mol. The highest BCUT2D eigenvalue weighted by molar-refractivity contribution is 6.30. The molecule has 0 saturated heterocycles. The molecule has 0 aliphatic carbocycles. The molecule has 2 aromatic rings. The number of hydrogen-bond donors (Lipinski definition) is 2. The minimum Gasteiger partial charge on any atom is -0.488 e. The molecule has 0 bridgehead atoms. The molecule has 3 N–H and O–H groups in total. The van der Waals surface area contributed by atoms with Crippen LogP contribution in [0.1, 0.15) is 29.8 Å². The first-order valence-corrected chi connectivity index (χ1v) is 8.93. The summed E-state index contributed by atoms with van der Waals surface area (Å²) in [6.45, 7) is 3.58. The summed E-state index contributed by atoms with van der Waals surface area (Å²) in [5.74, 6) is -1.59. The molecule has 0 aliphatic rings. The third-order valence-corrected chi connectivity index (χ3v) is 4.01. The van der Waals surface area contributed by atoms with Crippen LogP contribution in [0.15, 0.2) is 48.5 Å². The lowest BCUT2D eigenvalue weighted by atomic mass is 10.1. The molecule has 2 aromatic carbocycles. The minimum atomic E-state index is -1.18. The van der Waals surface area contributed by atoms with E-state index in [1.807, 2.05) is 17.4 Å². The third kappa shape index (κ3) is 5.99. The van der Waals surface area contributed by atoms with Gasteiger partial charge in [-0.3, -0.25) is 10.1 Å². The van der Waals surface area contributed by atoms with E-state index in [1.54, 1.807) is 44.2 Å². The van der Waals surface area contributed by atoms with Crippen LogP contribution in [0.3, 0.4) is 0 Å². The second kappa shape index (κ2) is 9.75. The Morgan fingerprint density at radius 2 is 1.71 bits per heavy atom. The van der Waals surface area contributed by atoms with E-state index >= 15 is 0 Å². The summed E-state index contributed by atoms with van der Waals surface area (Å²) in [5.41, 5.74) is 5.99. The lowest BCUT2D eigenvalue weighted by molar-refractivity contribution is -0.130. The molecule has 0 unspecified atom stereocenters. The van der Waals surface area contributed by atoms with Crippen molar-refractivity contribution in [3.63, 3.8) is 0 Å². The molecule has 0 spiro atoms. The summed E-state index contributed by atoms with van der Waals surface area (Å²) in [4.78, 5) is 35.6. The Morgan fingerprint density at radius 1 is 1.07 bits per heavy atom. The Hall–Kier alpha value is -3.06. The van der Waals surface area contributed by atoms with E-state index in [4.69, 9.17) is 26.8 Å². The Kier molecular flexibility index (Phi) is 7.40. The standard InChI is InChI=1S/C20H21ClN2O5/c1-12(2)17(18(24)23-20(22)26)28-19(25)15-5-3-4-6-16(15)27-11-13-7-9-14(21)10-8-13/h3-10,12,17H,11H2,1-2H3,(H3,22,23,24,26)/t17-/m0/s1. The van der Waals surface area contributed by atoms with Crippen LogP contribution in [0.4, 0.5) is 4.79 Å². The zero-order valence-corrected chi connectivity index (χ0v) is 16.2. The molecule has 148 valence electrons. The molecule has 28 heavy (non-hydrogen) atoms. The van der Waals surface area contributed by atoms with Crippen molar-refractivity contribution < 1.29 is 23.9 Å². The Morgan fingerprint density at radius 3 is 2.32 bits per heavy atom. The van der Waals surface area contributed by atoms with Gasteiger partial charge in [0.1, 0.15) is 17.9 Å². The number of halogens is 1. The number of rotatable bonds is 7. The number of esters is 1. The maximum absolute atomic E-state index is 12.6. The number of carbonyl (C=O) groups is 3. The van der Waals surface area contributed by atoms with Crippen LogP contribution in [0.5, 0.6) is 5.75 Å². The van der Waals surface area contributed by atoms with Gasteiger partial charge in [-0.2, -0.15) is 0 Å². The lowest BCUT2D eigenvalue weighted by Crippen LogP contribution is -2.45. The molecule has 0 aromatic heterocycles. The number of benzene rings is 2. The molecular weight excluding hydrogens is 384 g/mol. The number of nitrogens with two attached hydrogens (primary N) is 1. The van der Waals surface area contributed by atoms with Crippen LogP contribution < -0.4 is 15.8 Å². The first kappa shape index (κ1) is 21.2.